The third kappa shape index (κ3) is 2.87. The molecule has 1 aromatic rings. The van der Waals surface area contributed by atoms with Gasteiger partial charge in [-0.1, -0.05) is 25.1 Å². The lowest BCUT2D eigenvalue weighted by Gasteiger charge is -2.29. The van der Waals surface area contributed by atoms with E-state index in [2.05, 4.69) is 6.07 Å². The molecule has 4 nitrogen and oxygen atoms in total. The first-order chi connectivity index (χ1) is 9.27. The number of fused-ring (bicyclic) bond motifs is 1. The molecule has 0 aliphatic carbocycles. The Bertz CT molecular complexity index is 493. The van der Waals surface area contributed by atoms with E-state index in [9.17, 15) is 4.79 Å². The zero-order valence-electron chi connectivity index (χ0n) is 11.1. The van der Waals surface area contributed by atoms with E-state index in [1.807, 2.05) is 31.2 Å². The summed E-state index contributed by atoms with van der Waals surface area (Å²) in [6.07, 6.45) is 1.54. The largest absolute Gasteiger partial charge is 0.493 e. The standard InChI is InChI=1S/C15H18N2O2/c1-2-9-17(10-8-16)15(18)13-7-11-19-14-6-4-3-5-12(13)14/h3-6,13H,2,7,9-11H2,1H3. The van der Waals surface area contributed by atoms with Gasteiger partial charge in [0.15, 0.2) is 0 Å². The molecule has 100 valence electrons. The Morgan fingerprint density at radius 3 is 3.05 bits per heavy atom. The van der Waals surface area contributed by atoms with Crippen LogP contribution in [0, 0.1) is 11.3 Å². The number of nitriles is 1. The van der Waals surface area contributed by atoms with E-state index in [4.69, 9.17) is 10.00 Å². The fourth-order valence-corrected chi connectivity index (χ4v) is 2.44. The fourth-order valence-electron chi connectivity index (χ4n) is 2.44. The smallest absolute Gasteiger partial charge is 0.231 e. The highest BCUT2D eigenvalue weighted by Crippen LogP contribution is 2.34. The molecule has 1 atom stereocenters. The Morgan fingerprint density at radius 1 is 1.53 bits per heavy atom. The number of ether oxygens (including phenoxy) is 1. The van der Waals surface area contributed by atoms with Crippen LogP contribution in [0.3, 0.4) is 0 Å². The molecule has 0 aromatic heterocycles. The summed E-state index contributed by atoms with van der Waals surface area (Å²) in [7, 11) is 0. The van der Waals surface area contributed by atoms with Crippen LogP contribution in [-0.2, 0) is 4.79 Å². The molecule has 1 amide bonds. The van der Waals surface area contributed by atoms with Crippen molar-refractivity contribution in [2.45, 2.75) is 25.7 Å². The minimum Gasteiger partial charge on any atom is -0.493 e. The fraction of sp³-hybridized carbons (Fsp3) is 0.467. The van der Waals surface area contributed by atoms with Gasteiger partial charge in [-0.3, -0.25) is 4.79 Å². The van der Waals surface area contributed by atoms with Crippen LogP contribution in [0.25, 0.3) is 0 Å². The predicted molar refractivity (Wildman–Crippen MR) is 71.8 cm³/mol. The molecule has 0 bridgehead atoms. The first-order valence-electron chi connectivity index (χ1n) is 6.65. The summed E-state index contributed by atoms with van der Waals surface area (Å²) in [5, 5.41) is 8.84. The van der Waals surface area contributed by atoms with Crippen molar-refractivity contribution >= 4 is 5.91 Å². The van der Waals surface area contributed by atoms with Gasteiger partial charge in [0.1, 0.15) is 12.3 Å². The molecule has 2 rings (SSSR count). The van der Waals surface area contributed by atoms with Crippen LogP contribution in [0.4, 0.5) is 0 Å². The first kappa shape index (κ1) is 13.4. The molecule has 1 aliphatic heterocycles. The monoisotopic (exact) mass is 258 g/mol. The van der Waals surface area contributed by atoms with Crippen LogP contribution in [-0.4, -0.2) is 30.5 Å². The molecular formula is C15H18N2O2. The number of hydrogen-bond donors (Lipinski definition) is 0. The summed E-state index contributed by atoms with van der Waals surface area (Å²) >= 11 is 0. The summed E-state index contributed by atoms with van der Waals surface area (Å²) in [5.74, 6) is 0.657. The van der Waals surface area contributed by atoms with Gasteiger partial charge in [-0.25, -0.2) is 0 Å². The number of amides is 1. The lowest BCUT2D eigenvalue weighted by molar-refractivity contribution is -0.133. The van der Waals surface area contributed by atoms with Gasteiger partial charge in [0.05, 0.1) is 18.6 Å². The number of carbonyl (C=O) groups is 1. The van der Waals surface area contributed by atoms with Crippen molar-refractivity contribution < 1.29 is 9.53 Å². The summed E-state index contributed by atoms with van der Waals surface area (Å²) in [6.45, 7) is 3.35. The molecule has 1 aliphatic rings. The summed E-state index contributed by atoms with van der Waals surface area (Å²) < 4.78 is 5.57. The zero-order valence-corrected chi connectivity index (χ0v) is 11.1. The maximum absolute atomic E-state index is 12.6. The second-order valence-electron chi connectivity index (χ2n) is 4.65. The van der Waals surface area contributed by atoms with Gasteiger partial charge in [0, 0.05) is 12.1 Å². The van der Waals surface area contributed by atoms with Crippen molar-refractivity contribution in [1.82, 2.24) is 4.90 Å². The van der Waals surface area contributed by atoms with E-state index in [1.165, 1.54) is 0 Å². The highest BCUT2D eigenvalue weighted by Gasteiger charge is 2.30. The molecule has 0 N–H and O–H groups in total. The Hall–Kier alpha value is -2.02. The molecule has 0 fully saturated rings. The quantitative estimate of drug-likeness (QED) is 0.779. The van der Waals surface area contributed by atoms with Crippen LogP contribution < -0.4 is 4.74 Å². The van der Waals surface area contributed by atoms with E-state index in [0.717, 1.165) is 17.7 Å². The van der Waals surface area contributed by atoms with E-state index in [1.54, 1.807) is 4.90 Å². The van der Waals surface area contributed by atoms with E-state index in [0.29, 0.717) is 19.6 Å². The van der Waals surface area contributed by atoms with Crippen molar-refractivity contribution in [2.24, 2.45) is 0 Å². The maximum Gasteiger partial charge on any atom is 0.231 e. The second-order valence-corrected chi connectivity index (χ2v) is 4.65. The third-order valence-electron chi connectivity index (χ3n) is 3.32. The number of nitrogens with zero attached hydrogens (tertiary/aromatic N) is 2. The topological polar surface area (TPSA) is 53.3 Å². The van der Waals surface area contributed by atoms with Gasteiger partial charge in [0.2, 0.25) is 5.91 Å². The van der Waals surface area contributed by atoms with E-state index in [-0.39, 0.29) is 18.4 Å². The molecule has 4 heteroatoms. The predicted octanol–water partition coefficient (Wildman–Crippen LogP) is 2.31. The number of benzene rings is 1. The van der Waals surface area contributed by atoms with Gasteiger partial charge < -0.3 is 9.64 Å². The summed E-state index contributed by atoms with van der Waals surface area (Å²) in [5.41, 5.74) is 0.942. The van der Waals surface area contributed by atoms with Crippen molar-refractivity contribution in [3.63, 3.8) is 0 Å². The Kier molecular flexibility index (Phi) is 4.40. The van der Waals surface area contributed by atoms with E-state index < -0.39 is 0 Å². The van der Waals surface area contributed by atoms with Crippen LogP contribution in [0.1, 0.15) is 31.2 Å². The van der Waals surface area contributed by atoms with Crippen LogP contribution >= 0.6 is 0 Å². The second kappa shape index (κ2) is 6.24. The lowest BCUT2D eigenvalue weighted by atomic mass is 9.91. The van der Waals surface area contributed by atoms with Crippen LogP contribution in [0.5, 0.6) is 5.75 Å². The van der Waals surface area contributed by atoms with Gasteiger partial charge in [-0.05, 0) is 18.9 Å². The Labute approximate surface area is 113 Å². The molecule has 0 radical (unpaired) electrons. The molecule has 1 unspecified atom stereocenters. The Balaban J connectivity index is 2.22. The summed E-state index contributed by atoms with van der Waals surface area (Å²) in [4.78, 5) is 14.2. The van der Waals surface area contributed by atoms with Gasteiger partial charge >= 0.3 is 0 Å². The molecular weight excluding hydrogens is 240 g/mol. The van der Waals surface area contributed by atoms with Crippen LogP contribution in [0.15, 0.2) is 24.3 Å². The van der Waals surface area contributed by atoms with E-state index >= 15 is 0 Å². The average Bonchev–Trinajstić information content (AvgIpc) is 2.46. The molecule has 1 heterocycles. The number of hydrogen-bond acceptors (Lipinski definition) is 3. The maximum atomic E-state index is 12.6. The highest BCUT2D eigenvalue weighted by atomic mass is 16.5. The van der Waals surface area contributed by atoms with Gasteiger partial charge in [-0.2, -0.15) is 5.26 Å². The normalized spacial score (nSPS) is 16.9. The average molecular weight is 258 g/mol. The molecule has 0 saturated carbocycles. The minimum atomic E-state index is -0.176. The highest BCUT2D eigenvalue weighted by molar-refractivity contribution is 5.85. The number of para-hydroxylation sites is 1. The first-order valence-corrected chi connectivity index (χ1v) is 6.65. The van der Waals surface area contributed by atoms with Crippen LogP contribution in [0.2, 0.25) is 0 Å². The molecule has 0 saturated heterocycles. The van der Waals surface area contributed by atoms with Crippen molar-refractivity contribution in [3.8, 4) is 11.8 Å². The molecule has 19 heavy (non-hydrogen) atoms. The van der Waals surface area contributed by atoms with Crippen molar-refractivity contribution in [1.29, 1.82) is 5.26 Å². The number of carbonyl (C=O) groups excluding carboxylic acids is 1. The van der Waals surface area contributed by atoms with Gasteiger partial charge in [-0.15, -0.1) is 0 Å². The molecule has 0 spiro atoms. The van der Waals surface area contributed by atoms with Crippen molar-refractivity contribution in [3.05, 3.63) is 29.8 Å². The lowest BCUT2D eigenvalue weighted by Crippen LogP contribution is -2.37. The van der Waals surface area contributed by atoms with Gasteiger partial charge in [0.25, 0.3) is 0 Å². The number of rotatable bonds is 4. The zero-order chi connectivity index (χ0) is 13.7. The summed E-state index contributed by atoms with van der Waals surface area (Å²) in [6, 6.07) is 9.73. The SMILES string of the molecule is CCCN(CC#N)C(=O)C1CCOc2ccccc21. The molecule has 1 aromatic carbocycles. The van der Waals surface area contributed by atoms with Crippen molar-refractivity contribution in [2.75, 3.05) is 19.7 Å². The Morgan fingerprint density at radius 2 is 2.32 bits per heavy atom. The minimum absolute atomic E-state index is 0.0409. The third-order valence-corrected chi connectivity index (χ3v) is 3.32.